The van der Waals surface area contributed by atoms with Gasteiger partial charge in [-0.3, -0.25) is 4.79 Å². The minimum Gasteiger partial charge on any atom is -0.369 e. The lowest BCUT2D eigenvalue weighted by molar-refractivity contribution is -0.121. The van der Waals surface area contributed by atoms with Crippen molar-refractivity contribution in [3.8, 4) is 0 Å². The van der Waals surface area contributed by atoms with Gasteiger partial charge < -0.3 is 16.0 Å². The van der Waals surface area contributed by atoms with E-state index >= 15 is 0 Å². The van der Waals surface area contributed by atoms with Crippen LogP contribution < -0.4 is 11.1 Å². The Morgan fingerprint density at radius 3 is 3.00 bits per heavy atom. The third-order valence-electron chi connectivity index (χ3n) is 2.15. The van der Waals surface area contributed by atoms with Crippen molar-refractivity contribution >= 4 is 11.9 Å². The minimum absolute atomic E-state index is 0.0978. The molecule has 1 aliphatic heterocycles. The fourth-order valence-corrected chi connectivity index (χ4v) is 1.27. The van der Waals surface area contributed by atoms with Gasteiger partial charge in [0.1, 0.15) is 0 Å². The van der Waals surface area contributed by atoms with Crippen LogP contribution in [0.3, 0.4) is 0 Å². The molecule has 1 heterocycles. The molecule has 1 saturated heterocycles. The van der Waals surface area contributed by atoms with Gasteiger partial charge in [-0.2, -0.15) is 0 Å². The highest BCUT2D eigenvalue weighted by molar-refractivity contribution is 5.78. The van der Waals surface area contributed by atoms with Crippen molar-refractivity contribution in [1.29, 1.82) is 0 Å². The number of hydrogen-bond acceptors (Lipinski definition) is 2. The van der Waals surface area contributed by atoms with Crippen molar-refractivity contribution in [3.63, 3.8) is 0 Å². The molecule has 1 rings (SSSR count). The zero-order chi connectivity index (χ0) is 9.84. The first-order valence-corrected chi connectivity index (χ1v) is 4.43. The summed E-state index contributed by atoms with van der Waals surface area (Å²) in [5, 5.41) is 2.71. The molecule has 0 bridgehead atoms. The molecule has 0 aromatic rings. The van der Waals surface area contributed by atoms with Gasteiger partial charge in [0, 0.05) is 19.6 Å². The number of hydrogen-bond donors (Lipinski definition) is 2. The molecule has 0 aromatic heterocycles. The van der Waals surface area contributed by atoms with Crippen molar-refractivity contribution in [3.05, 3.63) is 0 Å². The molecule has 1 atom stereocenters. The molecule has 0 saturated carbocycles. The lowest BCUT2D eigenvalue weighted by atomic mass is 10.1. The Morgan fingerprint density at radius 2 is 2.46 bits per heavy atom. The van der Waals surface area contributed by atoms with Gasteiger partial charge in [-0.25, -0.2) is 4.79 Å². The fraction of sp³-hybridized carbons (Fsp3) is 0.750. The van der Waals surface area contributed by atoms with Gasteiger partial charge in [0.25, 0.3) is 0 Å². The summed E-state index contributed by atoms with van der Waals surface area (Å²) in [4.78, 5) is 23.6. The smallest absolute Gasteiger partial charge is 0.317 e. The molecule has 1 unspecified atom stereocenters. The Bertz CT molecular complexity index is 217. The molecule has 74 valence electrons. The summed E-state index contributed by atoms with van der Waals surface area (Å²) in [6.07, 6.45) is 0.928. The molecule has 0 spiro atoms. The van der Waals surface area contributed by atoms with Gasteiger partial charge in [-0.1, -0.05) is 6.92 Å². The van der Waals surface area contributed by atoms with Crippen LogP contribution in [-0.2, 0) is 4.79 Å². The number of amides is 3. The van der Waals surface area contributed by atoms with Crippen molar-refractivity contribution in [1.82, 2.24) is 10.2 Å². The largest absolute Gasteiger partial charge is 0.369 e. The summed E-state index contributed by atoms with van der Waals surface area (Å²) in [5.74, 6) is -0.637. The van der Waals surface area contributed by atoms with Crippen LogP contribution in [0.15, 0.2) is 0 Å². The third-order valence-corrected chi connectivity index (χ3v) is 2.15. The number of carbonyl (C=O) groups excluding carboxylic acids is 2. The second-order valence-corrected chi connectivity index (χ2v) is 3.33. The first-order chi connectivity index (χ1) is 6.11. The molecular weight excluding hydrogens is 170 g/mol. The zero-order valence-corrected chi connectivity index (χ0v) is 7.75. The van der Waals surface area contributed by atoms with Crippen LogP contribution in [0, 0.1) is 5.92 Å². The van der Waals surface area contributed by atoms with Crippen LogP contribution in [0.1, 0.15) is 13.3 Å². The van der Waals surface area contributed by atoms with E-state index in [-0.39, 0.29) is 17.9 Å². The van der Waals surface area contributed by atoms with E-state index in [1.54, 1.807) is 11.8 Å². The highest BCUT2D eigenvalue weighted by atomic mass is 16.2. The van der Waals surface area contributed by atoms with E-state index in [4.69, 9.17) is 5.73 Å². The third kappa shape index (κ3) is 2.61. The molecule has 1 fully saturated rings. The Labute approximate surface area is 77.3 Å². The number of carbonyl (C=O) groups is 2. The maximum absolute atomic E-state index is 11.2. The van der Waals surface area contributed by atoms with E-state index in [2.05, 4.69) is 5.32 Å². The summed E-state index contributed by atoms with van der Waals surface area (Å²) in [5.41, 5.74) is 5.10. The Balaban J connectivity index is 2.42. The molecule has 0 radical (unpaired) electrons. The highest BCUT2D eigenvalue weighted by Gasteiger charge is 2.21. The summed E-state index contributed by atoms with van der Waals surface area (Å²) < 4.78 is 0. The molecule has 0 aliphatic carbocycles. The van der Waals surface area contributed by atoms with E-state index in [1.165, 1.54) is 0 Å². The first kappa shape index (κ1) is 9.83. The maximum atomic E-state index is 11.2. The monoisotopic (exact) mass is 185 g/mol. The topological polar surface area (TPSA) is 75.4 Å². The molecule has 0 aromatic carbocycles. The van der Waals surface area contributed by atoms with Gasteiger partial charge in [-0.05, 0) is 6.42 Å². The Morgan fingerprint density at radius 1 is 1.77 bits per heavy atom. The maximum Gasteiger partial charge on any atom is 0.317 e. The summed E-state index contributed by atoms with van der Waals surface area (Å²) in [7, 11) is 0. The summed E-state index contributed by atoms with van der Waals surface area (Å²) in [6, 6.07) is -0.0978. The number of nitrogens with zero attached hydrogens (tertiary/aromatic N) is 1. The van der Waals surface area contributed by atoms with Gasteiger partial charge in [-0.15, -0.1) is 0 Å². The molecule has 3 amide bonds. The summed E-state index contributed by atoms with van der Waals surface area (Å²) in [6.45, 7) is 3.58. The first-order valence-electron chi connectivity index (χ1n) is 4.43. The van der Waals surface area contributed by atoms with Gasteiger partial charge >= 0.3 is 6.03 Å². The number of urea groups is 1. The van der Waals surface area contributed by atoms with Crippen LogP contribution in [0.5, 0.6) is 0 Å². The molecular formula is C8H15N3O2. The van der Waals surface area contributed by atoms with Crippen molar-refractivity contribution in [2.45, 2.75) is 13.3 Å². The average Bonchev–Trinajstić information content (AvgIpc) is 2.08. The van der Waals surface area contributed by atoms with Crippen LogP contribution in [0.25, 0.3) is 0 Å². The Kier molecular flexibility index (Phi) is 3.11. The van der Waals surface area contributed by atoms with Crippen molar-refractivity contribution in [2.75, 3.05) is 19.6 Å². The van der Waals surface area contributed by atoms with E-state index < -0.39 is 0 Å². The standard InChI is InChI=1S/C8H15N3O2/c1-6(7(9)12)5-11-4-2-3-10-8(11)13/h6H,2-5H2,1H3,(H2,9,12)(H,10,13). The Hall–Kier alpha value is -1.26. The SMILES string of the molecule is CC(CN1CCCNC1=O)C(N)=O. The highest BCUT2D eigenvalue weighted by Crippen LogP contribution is 2.03. The number of nitrogens with two attached hydrogens (primary N) is 1. The quantitative estimate of drug-likeness (QED) is 0.623. The van der Waals surface area contributed by atoms with Crippen LogP contribution in [0.4, 0.5) is 4.79 Å². The fourth-order valence-electron chi connectivity index (χ4n) is 1.27. The second kappa shape index (κ2) is 4.11. The van der Waals surface area contributed by atoms with E-state index in [0.29, 0.717) is 13.1 Å². The summed E-state index contributed by atoms with van der Waals surface area (Å²) >= 11 is 0. The lowest BCUT2D eigenvalue weighted by Gasteiger charge is -2.28. The minimum atomic E-state index is -0.363. The van der Waals surface area contributed by atoms with Crippen LogP contribution >= 0.6 is 0 Å². The van der Waals surface area contributed by atoms with E-state index in [9.17, 15) is 9.59 Å². The second-order valence-electron chi connectivity index (χ2n) is 3.33. The molecule has 3 N–H and O–H groups in total. The molecule has 5 nitrogen and oxygen atoms in total. The van der Waals surface area contributed by atoms with Crippen LogP contribution in [-0.4, -0.2) is 36.5 Å². The number of primary amides is 1. The lowest BCUT2D eigenvalue weighted by Crippen LogP contribution is -2.49. The normalized spacial score (nSPS) is 19.5. The molecule has 1 aliphatic rings. The van der Waals surface area contributed by atoms with Gasteiger partial charge in [0.05, 0.1) is 5.92 Å². The number of rotatable bonds is 3. The predicted molar refractivity (Wildman–Crippen MR) is 47.9 cm³/mol. The van der Waals surface area contributed by atoms with E-state index in [1.807, 2.05) is 0 Å². The van der Waals surface area contributed by atoms with Crippen LogP contribution in [0.2, 0.25) is 0 Å². The van der Waals surface area contributed by atoms with Crippen molar-refractivity contribution < 1.29 is 9.59 Å². The predicted octanol–water partition coefficient (Wildman–Crippen LogP) is -0.477. The number of nitrogens with one attached hydrogen (secondary N) is 1. The van der Waals surface area contributed by atoms with Gasteiger partial charge in [0.15, 0.2) is 0 Å². The molecule has 5 heteroatoms. The zero-order valence-electron chi connectivity index (χ0n) is 7.75. The van der Waals surface area contributed by atoms with Gasteiger partial charge in [0.2, 0.25) is 5.91 Å². The molecule has 13 heavy (non-hydrogen) atoms. The van der Waals surface area contributed by atoms with Crippen molar-refractivity contribution in [2.24, 2.45) is 11.7 Å². The average molecular weight is 185 g/mol. The van der Waals surface area contributed by atoms with E-state index in [0.717, 1.165) is 13.0 Å².